The van der Waals surface area contributed by atoms with Gasteiger partial charge < -0.3 is 10.1 Å². The molecule has 0 atom stereocenters. The van der Waals surface area contributed by atoms with Crippen LogP contribution in [0.15, 0.2) is 41.3 Å². The second-order valence-electron chi connectivity index (χ2n) is 8.35. The van der Waals surface area contributed by atoms with Crippen molar-refractivity contribution in [1.82, 2.24) is 4.31 Å². The fraction of sp³-hybridized carbons (Fsp3) is 0.440. The number of nitrogens with one attached hydrogen (secondary N) is 1. The van der Waals surface area contributed by atoms with Gasteiger partial charge in [0.15, 0.2) is 5.78 Å². The fourth-order valence-corrected chi connectivity index (χ4v) is 5.60. The second kappa shape index (κ2) is 10.9. The Morgan fingerprint density at radius 1 is 1.00 bits per heavy atom. The molecule has 178 valence electrons. The van der Waals surface area contributed by atoms with E-state index in [9.17, 15) is 18.0 Å². The molecule has 0 bridgehead atoms. The van der Waals surface area contributed by atoms with Gasteiger partial charge >= 0.3 is 0 Å². The molecule has 8 heteroatoms. The Kier molecular flexibility index (Phi) is 8.26. The molecule has 0 spiro atoms. The molecule has 1 N–H and O–H groups in total. The molecule has 1 fully saturated rings. The number of benzene rings is 2. The predicted octanol–water partition coefficient (Wildman–Crippen LogP) is 4.48. The van der Waals surface area contributed by atoms with Crippen molar-refractivity contribution >= 4 is 27.4 Å². The van der Waals surface area contributed by atoms with Crippen LogP contribution < -0.4 is 10.1 Å². The monoisotopic (exact) mass is 472 g/mol. The molecule has 0 aliphatic carbocycles. The zero-order chi connectivity index (χ0) is 24.0. The third-order valence-electron chi connectivity index (χ3n) is 5.73. The molecule has 33 heavy (non-hydrogen) atoms. The molecule has 1 aliphatic rings. The standard InChI is InChI=1S/C25H32N2O5S/c1-4-32-23-12-10-20(17-24(23)33(30,31)27-14-6-5-7-15-27)26-25(29)13-11-22(28)21-16-18(2)8-9-19(21)3/h8-10,12,16-17H,4-7,11,13-15H2,1-3H3,(H,26,29). The first-order chi connectivity index (χ1) is 15.7. The Bertz CT molecular complexity index is 1120. The summed E-state index contributed by atoms with van der Waals surface area (Å²) in [7, 11) is -3.74. The molecule has 2 aromatic rings. The molecule has 1 heterocycles. The van der Waals surface area contributed by atoms with Gasteiger partial charge in [0.2, 0.25) is 15.9 Å². The van der Waals surface area contributed by atoms with Crippen LogP contribution in [-0.4, -0.2) is 44.1 Å². The van der Waals surface area contributed by atoms with Crippen LogP contribution in [-0.2, 0) is 14.8 Å². The van der Waals surface area contributed by atoms with Crippen molar-refractivity contribution in [3.63, 3.8) is 0 Å². The largest absolute Gasteiger partial charge is 0.492 e. The fourth-order valence-electron chi connectivity index (χ4n) is 3.93. The molecule has 0 saturated carbocycles. The highest BCUT2D eigenvalue weighted by atomic mass is 32.2. The molecule has 0 radical (unpaired) electrons. The van der Waals surface area contributed by atoms with Gasteiger partial charge in [0.25, 0.3) is 0 Å². The van der Waals surface area contributed by atoms with Crippen molar-refractivity contribution in [2.45, 2.75) is 57.8 Å². The number of sulfonamides is 1. The van der Waals surface area contributed by atoms with E-state index in [0.29, 0.717) is 30.9 Å². The van der Waals surface area contributed by atoms with Crippen molar-refractivity contribution in [2.75, 3.05) is 25.0 Å². The second-order valence-corrected chi connectivity index (χ2v) is 10.3. The Balaban J connectivity index is 1.72. The number of nitrogens with zero attached hydrogens (tertiary/aromatic N) is 1. The highest BCUT2D eigenvalue weighted by molar-refractivity contribution is 7.89. The molecule has 1 aliphatic heterocycles. The smallest absolute Gasteiger partial charge is 0.246 e. The molecular formula is C25H32N2O5S. The van der Waals surface area contributed by atoms with E-state index in [1.54, 1.807) is 19.1 Å². The maximum Gasteiger partial charge on any atom is 0.246 e. The van der Waals surface area contributed by atoms with E-state index < -0.39 is 10.0 Å². The van der Waals surface area contributed by atoms with E-state index >= 15 is 0 Å². The van der Waals surface area contributed by atoms with Gasteiger partial charge in [-0.1, -0.05) is 24.1 Å². The average molecular weight is 473 g/mol. The summed E-state index contributed by atoms with van der Waals surface area (Å²) in [5, 5.41) is 2.73. The first kappa shape index (κ1) is 24.9. The summed E-state index contributed by atoms with van der Waals surface area (Å²) in [6.45, 7) is 6.87. The van der Waals surface area contributed by atoms with Crippen molar-refractivity contribution in [3.05, 3.63) is 53.1 Å². The lowest BCUT2D eigenvalue weighted by Gasteiger charge is -2.27. The van der Waals surface area contributed by atoms with Crippen LogP contribution in [0.2, 0.25) is 0 Å². The molecular weight excluding hydrogens is 440 g/mol. The summed E-state index contributed by atoms with van der Waals surface area (Å²) in [4.78, 5) is 25.1. The zero-order valence-electron chi connectivity index (χ0n) is 19.5. The molecule has 0 aromatic heterocycles. The minimum atomic E-state index is -3.74. The van der Waals surface area contributed by atoms with E-state index in [0.717, 1.165) is 30.4 Å². The summed E-state index contributed by atoms with van der Waals surface area (Å²) >= 11 is 0. The van der Waals surface area contributed by atoms with Crippen LogP contribution in [0.5, 0.6) is 5.75 Å². The van der Waals surface area contributed by atoms with E-state index in [4.69, 9.17) is 4.74 Å². The number of ketones is 1. The quantitative estimate of drug-likeness (QED) is 0.543. The SMILES string of the molecule is CCOc1ccc(NC(=O)CCC(=O)c2cc(C)ccc2C)cc1S(=O)(=O)N1CCCCC1. The topological polar surface area (TPSA) is 92.8 Å². The summed E-state index contributed by atoms with van der Waals surface area (Å²) < 4.78 is 33.5. The number of hydrogen-bond acceptors (Lipinski definition) is 5. The highest BCUT2D eigenvalue weighted by Gasteiger charge is 2.29. The van der Waals surface area contributed by atoms with Gasteiger partial charge in [0.05, 0.1) is 6.61 Å². The third kappa shape index (κ3) is 6.21. The van der Waals surface area contributed by atoms with Gasteiger partial charge in [-0.25, -0.2) is 8.42 Å². The van der Waals surface area contributed by atoms with Crippen LogP contribution in [0.25, 0.3) is 0 Å². The number of amides is 1. The number of rotatable bonds is 9. The van der Waals surface area contributed by atoms with E-state index in [-0.39, 0.29) is 35.2 Å². The van der Waals surface area contributed by atoms with Gasteiger partial charge in [-0.05, 0) is 63.4 Å². The lowest BCUT2D eigenvalue weighted by atomic mass is 9.99. The molecule has 2 aromatic carbocycles. The van der Waals surface area contributed by atoms with Crippen LogP contribution in [0.4, 0.5) is 5.69 Å². The lowest BCUT2D eigenvalue weighted by Crippen LogP contribution is -2.35. The number of hydrogen-bond donors (Lipinski definition) is 1. The molecule has 1 saturated heterocycles. The highest BCUT2D eigenvalue weighted by Crippen LogP contribution is 2.31. The molecule has 1 amide bonds. The zero-order valence-corrected chi connectivity index (χ0v) is 20.3. The molecule has 7 nitrogen and oxygen atoms in total. The normalized spacial score (nSPS) is 14.6. The van der Waals surface area contributed by atoms with Crippen LogP contribution in [0.1, 0.15) is 60.5 Å². The number of piperidine rings is 1. The van der Waals surface area contributed by atoms with Crippen molar-refractivity contribution in [1.29, 1.82) is 0 Å². The van der Waals surface area contributed by atoms with Crippen molar-refractivity contribution < 1.29 is 22.7 Å². The number of anilines is 1. The first-order valence-corrected chi connectivity index (χ1v) is 12.8. The number of aryl methyl sites for hydroxylation is 2. The van der Waals surface area contributed by atoms with Crippen molar-refractivity contribution in [3.8, 4) is 5.75 Å². The first-order valence-electron chi connectivity index (χ1n) is 11.4. The van der Waals surface area contributed by atoms with Crippen LogP contribution >= 0.6 is 0 Å². The predicted molar refractivity (Wildman–Crippen MR) is 128 cm³/mol. The molecule has 3 rings (SSSR count). The number of ether oxygens (including phenoxy) is 1. The van der Waals surface area contributed by atoms with Gasteiger partial charge in [0.1, 0.15) is 10.6 Å². The van der Waals surface area contributed by atoms with Gasteiger partial charge in [0, 0.05) is 37.2 Å². The average Bonchev–Trinajstić information content (AvgIpc) is 2.80. The summed E-state index contributed by atoms with van der Waals surface area (Å²) in [6, 6.07) is 10.3. The van der Waals surface area contributed by atoms with Crippen molar-refractivity contribution in [2.24, 2.45) is 0 Å². The summed E-state index contributed by atoms with van der Waals surface area (Å²) in [5.74, 6) is -0.170. The van der Waals surface area contributed by atoms with E-state index in [1.807, 2.05) is 32.0 Å². The van der Waals surface area contributed by atoms with Gasteiger partial charge in [-0.2, -0.15) is 4.31 Å². The molecule has 0 unspecified atom stereocenters. The number of carbonyl (C=O) groups excluding carboxylic acids is 2. The van der Waals surface area contributed by atoms with Gasteiger partial charge in [-0.15, -0.1) is 0 Å². The number of Topliss-reactive ketones (excluding diaryl/α,β-unsaturated/α-hetero) is 1. The maximum atomic E-state index is 13.2. The van der Waals surface area contributed by atoms with E-state index in [2.05, 4.69) is 5.32 Å². The van der Waals surface area contributed by atoms with Crippen LogP contribution in [0, 0.1) is 13.8 Å². The summed E-state index contributed by atoms with van der Waals surface area (Å²) in [5.41, 5.74) is 2.85. The Labute approximate surface area is 196 Å². The third-order valence-corrected chi connectivity index (χ3v) is 7.65. The Morgan fingerprint density at radius 2 is 1.73 bits per heavy atom. The summed E-state index contributed by atoms with van der Waals surface area (Å²) in [6.07, 6.45) is 2.75. The Hall–Kier alpha value is -2.71. The minimum Gasteiger partial charge on any atom is -0.492 e. The van der Waals surface area contributed by atoms with Crippen LogP contribution in [0.3, 0.4) is 0 Å². The minimum absolute atomic E-state index is 0.00757. The maximum absolute atomic E-state index is 13.2. The van der Waals surface area contributed by atoms with Gasteiger partial charge in [-0.3, -0.25) is 9.59 Å². The number of carbonyl (C=O) groups is 2. The Morgan fingerprint density at radius 3 is 2.42 bits per heavy atom. The van der Waals surface area contributed by atoms with E-state index in [1.165, 1.54) is 10.4 Å². The lowest BCUT2D eigenvalue weighted by molar-refractivity contribution is -0.116.